The van der Waals surface area contributed by atoms with E-state index < -0.39 is 0 Å². The van der Waals surface area contributed by atoms with Crippen LogP contribution in [0.25, 0.3) is 11.0 Å². The Morgan fingerprint density at radius 3 is 2.90 bits per heavy atom. The van der Waals surface area contributed by atoms with Gasteiger partial charge in [-0.2, -0.15) is 0 Å². The van der Waals surface area contributed by atoms with E-state index in [1.807, 2.05) is 36.4 Å². The summed E-state index contributed by atoms with van der Waals surface area (Å²) in [5.41, 5.74) is 2.92. The molecule has 4 rings (SSSR count). The lowest BCUT2D eigenvalue weighted by molar-refractivity contribution is 0.317. The third kappa shape index (κ3) is 1.92. The molecule has 0 spiro atoms. The van der Waals surface area contributed by atoms with Crippen LogP contribution in [-0.4, -0.2) is 16.2 Å². The van der Waals surface area contributed by atoms with Crippen LogP contribution in [0.4, 0.5) is 0 Å². The Hall–Kier alpha value is -1.71. The Bertz CT molecular complexity index is 828. The Morgan fingerprint density at radius 1 is 1.19 bits per heavy atom. The quantitative estimate of drug-likeness (QED) is 0.654. The summed E-state index contributed by atoms with van der Waals surface area (Å²) in [4.78, 5) is 4.60. The number of para-hydroxylation sites is 2. The van der Waals surface area contributed by atoms with Crippen LogP contribution >= 0.6 is 23.2 Å². The number of fused-ring (bicyclic) bond motifs is 2. The molecule has 3 nitrogen and oxygen atoms in total. The normalized spacial score (nSPS) is 17.0. The van der Waals surface area contributed by atoms with E-state index in [0.717, 1.165) is 28.2 Å². The second-order valence-corrected chi connectivity index (χ2v) is 5.68. The first-order valence-electron chi connectivity index (χ1n) is 6.72. The molecule has 1 aromatic heterocycles. The molecule has 0 saturated carbocycles. The summed E-state index contributed by atoms with van der Waals surface area (Å²) < 4.78 is 7.90. The average molecular weight is 319 g/mol. The maximum Gasteiger partial charge on any atom is 0.125 e. The smallest absolute Gasteiger partial charge is 0.125 e. The molecule has 0 radical (unpaired) electrons. The first-order valence-corrected chi connectivity index (χ1v) is 7.64. The van der Waals surface area contributed by atoms with Gasteiger partial charge >= 0.3 is 0 Å². The molecule has 0 fully saturated rings. The monoisotopic (exact) mass is 318 g/mol. The Kier molecular flexibility index (Phi) is 3.05. The summed E-state index contributed by atoms with van der Waals surface area (Å²) in [7, 11) is 0. The second-order valence-electron chi connectivity index (χ2n) is 5.00. The first-order chi connectivity index (χ1) is 10.3. The van der Waals surface area contributed by atoms with E-state index in [2.05, 4.69) is 15.6 Å². The molecule has 2 aromatic carbocycles. The van der Waals surface area contributed by atoms with Gasteiger partial charge in [0.1, 0.15) is 18.2 Å². The standard InChI is InChI=1S/C16H12Cl2N2O/c17-8-15-19-12-6-3-5-11(18)16(12)20(15)13-9-21-14-7-2-1-4-10(13)14/h1-7,13H,8-9H2. The van der Waals surface area contributed by atoms with E-state index in [1.54, 1.807) is 0 Å². The van der Waals surface area contributed by atoms with Gasteiger partial charge < -0.3 is 9.30 Å². The molecule has 2 heterocycles. The zero-order valence-electron chi connectivity index (χ0n) is 11.1. The molecule has 5 heteroatoms. The maximum absolute atomic E-state index is 6.39. The van der Waals surface area contributed by atoms with Crippen molar-refractivity contribution in [2.45, 2.75) is 11.9 Å². The van der Waals surface area contributed by atoms with Crippen LogP contribution < -0.4 is 4.74 Å². The number of ether oxygens (including phenoxy) is 1. The molecule has 1 atom stereocenters. The Balaban J connectivity index is 1.99. The average Bonchev–Trinajstić information content (AvgIpc) is 3.08. The van der Waals surface area contributed by atoms with Crippen LogP contribution in [0.3, 0.4) is 0 Å². The van der Waals surface area contributed by atoms with Crippen LogP contribution in [0.2, 0.25) is 5.02 Å². The summed E-state index contributed by atoms with van der Waals surface area (Å²) >= 11 is 12.5. The second kappa shape index (κ2) is 4.93. The third-order valence-corrected chi connectivity index (χ3v) is 4.38. The van der Waals surface area contributed by atoms with Crippen molar-refractivity contribution in [3.8, 4) is 5.75 Å². The van der Waals surface area contributed by atoms with E-state index in [1.165, 1.54) is 0 Å². The molecular weight excluding hydrogens is 307 g/mol. The maximum atomic E-state index is 6.39. The zero-order chi connectivity index (χ0) is 14.4. The molecule has 106 valence electrons. The van der Waals surface area contributed by atoms with E-state index in [9.17, 15) is 0 Å². The lowest BCUT2D eigenvalue weighted by Crippen LogP contribution is -2.14. The van der Waals surface area contributed by atoms with Gasteiger partial charge in [-0.25, -0.2) is 4.98 Å². The summed E-state index contributed by atoms with van der Waals surface area (Å²) in [6.07, 6.45) is 0. The minimum absolute atomic E-state index is 0.0554. The highest BCUT2D eigenvalue weighted by molar-refractivity contribution is 6.35. The van der Waals surface area contributed by atoms with Gasteiger partial charge in [-0.1, -0.05) is 35.9 Å². The fraction of sp³-hybridized carbons (Fsp3) is 0.188. The molecule has 1 unspecified atom stereocenters. The van der Waals surface area contributed by atoms with Gasteiger partial charge in [-0.3, -0.25) is 0 Å². The van der Waals surface area contributed by atoms with Crippen molar-refractivity contribution in [3.63, 3.8) is 0 Å². The number of imidazole rings is 1. The number of aromatic nitrogens is 2. The van der Waals surface area contributed by atoms with E-state index in [4.69, 9.17) is 27.9 Å². The highest BCUT2D eigenvalue weighted by Crippen LogP contribution is 2.38. The van der Waals surface area contributed by atoms with Gasteiger partial charge in [0.2, 0.25) is 0 Å². The molecule has 0 saturated heterocycles. The molecular formula is C16H12Cl2N2O. The molecule has 0 aliphatic carbocycles. The number of hydrogen-bond acceptors (Lipinski definition) is 2. The number of hydrogen-bond donors (Lipinski definition) is 0. The van der Waals surface area contributed by atoms with Crippen molar-refractivity contribution >= 4 is 34.2 Å². The van der Waals surface area contributed by atoms with Crippen molar-refractivity contribution < 1.29 is 4.74 Å². The molecule has 1 aliphatic rings. The van der Waals surface area contributed by atoms with E-state index in [-0.39, 0.29) is 6.04 Å². The summed E-state index contributed by atoms with van der Waals surface area (Å²) in [5, 5.41) is 0.681. The van der Waals surface area contributed by atoms with Crippen LogP contribution in [0.15, 0.2) is 42.5 Å². The molecule has 21 heavy (non-hydrogen) atoms. The zero-order valence-corrected chi connectivity index (χ0v) is 12.6. The van der Waals surface area contributed by atoms with Gasteiger partial charge in [-0.15, -0.1) is 11.6 Å². The topological polar surface area (TPSA) is 27.1 Å². The number of halogens is 2. The fourth-order valence-corrected chi connectivity index (χ4v) is 3.39. The summed E-state index contributed by atoms with van der Waals surface area (Å²) in [6.45, 7) is 0.569. The fourth-order valence-electron chi connectivity index (χ4n) is 2.94. The van der Waals surface area contributed by atoms with Crippen molar-refractivity contribution in [3.05, 3.63) is 58.9 Å². The molecule has 0 N–H and O–H groups in total. The van der Waals surface area contributed by atoms with Crippen molar-refractivity contribution in [1.29, 1.82) is 0 Å². The SMILES string of the molecule is ClCc1nc2cccc(Cl)c2n1C1COc2ccccc21. The van der Waals surface area contributed by atoms with Crippen LogP contribution in [0.1, 0.15) is 17.4 Å². The van der Waals surface area contributed by atoms with Gasteiger partial charge in [-0.05, 0) is 18.2 Å². The van der Waals surface area contributed by atoms with E-state index in [0.29, 0.717) is 17.5 Å². The molecule has 1 aliphatic heterocycles. The minimum Gasteiger partial charge on any atom is -0.491 e. The Labute approximate surface area is 132 Å². The van der Waals surface area contributed by atoms with Crippen molar-refractivity contribution in [1.82, 2.24) is 9.55 Å². The predicted octanol–water partition coefficient (Wildman–Crippen LogP) is 4.41. The van der Waals surface area contributed by atoms with Gasteiger partial charge in [0.05, 0.1) is 28.0 Å². The lowest BCUT2D eigenvalue weighted by Gasteiger charge is -2.15. The van der Waals surface area contributed by atoms with Crippen LogP contribution in [0.5, 0.6) is 5.75 Å². The number of benzene rings is 2. The van der Waals surface area contributed by atoms with Gasteiger partial charge in [0.25, 0.3) is 0 Å². The third-order valence-electron chi connectivity index (χ3n) is 3.84. The number of nitrogens with zero attached hydrogens (tertiary/aromatic N) is 2. The number of alkyl halides is 1. The summed E-state index contributed by atoms with van der Waals surface area (Å²) in [5.74, 6) is 2.06. The van der Waals surface area contributed by atoms with Crippen LogP contribution in [-0.2, 0) is 5.88 Å². The van der Waals surface area contributed by atoms with Crippen molar-refractivity contribution in [2.75, 3.05) is 6.61 Å². The van der Waals surface area contributed by atoms with Crippen molar-refractivity contribution in [2.24, 2.45) is 0 Å². The van der Waals surface area contributed by atoms with Gasteiger partial charge in [0.15, 0.2) is 0 Å². The lowest BCUT2D eigenvalue weighted by atomic mass is 10.1. The highest BCUT2D eigenvalue weighted by Gasteiger charge is 2.29. The van der Waals surface area contributed by atoms with Gasteiger partial charge in [0, 0.05) is 5.56 Å². The largest absolute Gasteiger partial charge is 0.491 e. The molecule has 3 aromatic rings. The number of rotatable bonds is 2. The Morgan fingerprint density at radius 2 is 2.05 bits per heavy atom. The van der Waals surface area contributed by atoms with E-state index >= 15 is 0 Å². The first kappa shape index (κ1) is 13.0. The molecule has 0 bridgehead atoms. The molecule has 0 amide bonds. The highest BCUT2D eigenvalue weighted by atomic mass is 35.5. The minimum atomic E-state index is 0.0554. The predicted molar refractivity (Wildman–Crippen MR) is 84.4 cm³/mol. The van der Waals surface area contributed by atoms with Crippen LogP contribution in [0, 0.1) is 0 Å². The summed E-state index contributed by atoms with van der Waals surface area (Å²) in [6, 6.07) is 13.8.